The number of nitrogen functional groups attached to an aromatic ring is 1. The number of carbonyl (C=O) groups is 1. The smallest absolute Gasteiger partial charge is 0.166 e. The van der Waals surface area contributed by atoms with Gasteiger partial charge in [0.1, 0.15) is 0 Å². The van der Waals surface area contributed by atoms with Gasteiger partial charge in [-0.1, -0.05) is 25.4 Å². The van der Waals surface area contributed by atoms with Gasteiger partial charge in [-0.3, -0.25) is 4.79 Å². The molecule has 1 atom stereocenters. The zero-order valence-corrected chi connectivity index (χ0v) is 9.64. The number of hydrogen-bond acceptors (Lipinski definition) is 2. The summed E-state index contributed by atoms with van der Waals surface area (Å²) in [5.41, 5.74) is 6.94. The quantitative estimate of drug-likeness (QED) is 0.618. The van der Waals surface area contributed by atoms with Crippen LogP contribution in [0.5, 0.6) is 0 Å². The topological polar surface area (TPSA) is 43.1 Å². The molecule has 2 nitrogen and oxygen atoms in total. The van der Waals surface area contributed by atoms with E-state index in [1.807, 2.05) is 0 Å². The predicted molar refractivity (Wildman–Crippen MR) is 62.1 cm³/mol. The molecule has 0 spiro atoms. The molecular weight excluding hydrogens is 210 g/mol. The van der Waals surface area contributed by atoms with Gasteiger partial charge < -0.3 is 5.73 Å². The first-order chi connectivity index (χ1) is 6.92. The van der Waals surface area contributed by atoms with Crippen LogP contribution in [0.2, 0.25) is 5.02 Å². The molecular formula is C12H14ClNO. The van der Waals surface area contributed by atoms with Crippen molar-refractivity contribution in [3.05, 3.63) is 28.8 Å². The minimum atomic E-state index is 0.150. The van der Waals surface area contributed by atoms with Crippen LogP contribution in [-0.4, -0.2) is 5.78 Å². The van der Waals surface area contributed by atoms with E-state index in [-0.39, 0.29) is 17.1 Å². The Morgan fingerprint density at radius 2 is 2.13 bits per heavy atom. The fraction of sp³-hybridized carbons (Fsp3) is 0.417. The van der Waals surface area contributed by atoms with Crippen LogP contribution in [0, 0.1) is 11.3 Å². The van der Waals surface area contributed by atoms with E-state index in [0.29, 0.717) is 16.3 Å². The number of ketones is 1. The number of nitrogens with two attached hydrogens (primary N) is 1. The SMILES string of the molecule is CC1(C)CC1C(=O)c1ccc(N)c(Cl)c1. The summed E-state index contributed by atoms with van der Waals surface area (Å²) in [6.07, 6.45) is 0.966. The zero-order chi connectivity index (χ0) is 11.2. The fourth-order valence-electron chi connectivity index (χ4n) is 1.80. The van der Waals surface area contributed by atoms with Gasteiger partial charge in [0.05, 0.1) is 10.7 Å². The van der Waals surface area contributed by atoms with Crippen molar-refractivity contribution in [2.75, 3.05) is 5.73 Å². The molecule has 15 heavy (non-hydrogen) atoms. The molecule has 80 valence electrons. The summed E-state index contributed by atoms with van der Waals surface area (Å²) in [7, 11) is 0. The standard InChI is InChI=1S/C12H14ClNO/c1-12(2)6-8(12)11(15)7-3-4-10(14)9(13)5-7/h3-5,8H,6,14H2,1-2H3. The summed E-state index contributed by atoms with van der Waals surface area (Å²) >= 11 is 5.88. The van der Waals surface area contributed by atoms with E-state index in [4.69, 9.17) is 17.3 Å². The molecule has 1 aromatic carbocycles. The molecule has 0 aromatic heterocycles. The lowest BCUT2D eigenvalue weighted by atomic mass is 10.0. The van der Waals surface area contributed by atoms with Crippen LogP contribution in [0.4, 0.5) is 5.69 Å². The molecule has 0 bridgehead atoms. The molecule has 0 radical (unpaired) electrons. The highest BCUT2D eigenvalue weighted by molar-refractivity contribution is 6.33. The number of hydrogen-bond donors (Lipinski definition) is 1. The molecule has 1 unspecified atom stereocenters. The Morgan fingerprint density at radius 1 is 1.53 bits per heavy atom. The van der Waals surface area contributed by atoms with Crippen LogP contribution >= 0.6 is 11.6 Å². The summed E-state index contributed by atoms with van der Waals surface area (Å²) < 4.78 is 0. The maximum absolute atomic E-state index is 12.0. The van der Waals surface area contributed by atoms with Crippen molar-refractivity contribution in [2.24, 2.45) is 11.3 Å². The Morgan fingerprint density at radius 3 is 2.60 bits per heavy atom. The number of benzene rings is 1. The number of rotatable bonds is 2. The lowest BCUT2D eigenvalue weighted by molar-refractivity contribution is 0.0953. The maximum Gasteiger partial charge on any atom is 0.166 e. The Balaban J connectivity index is 2.24. The van der Waals surface area contributed by atoms with Gasteiger partial charge in [0, 0.05) is 11.5 Å². The van der Waals surface area contributed by atoms with E-state index in [1.54, 1.807) is 18.2 Å². The van der Waals surface area contributed by atoms with E-state index in [0.717, 1.165) is 6.42 Å². The molecule has 1 saturated carbocycles. The van der Waals surface area contributed by atoms with Gasteiger partial charge in [-0.15, -0.1) is 0 Å². The number of halogens is 1. The average molecular weight is 224 g/mol. The van der Waals surface area contributed by atoms with Crippen LogP contribution in [-0.2, 0) is 0 Å². The molecule has 1 aliphatic rings. The molecule has 0 heterocycles. The molecule has 1 aromatic rings. The first-order valence-corrected chi connectivity index (χ1v) is 5.39. The van der Waals surface area contributed by atoms with Crippen molar-refractivity contribution in [2.45, 2.75) is 20.3 Å². The van der Waals surface area contributed by atoms with Crippen molar-refractivity contribution in [3.63, 3.8) is 0 Å². The van der Waals surface area contributed by atoms with Gasteiger partial charge in [-0.25, -0.2) is 0 Å². The average Bonchev–Trinajstić information content (AvgIpc) is 2.79. The third-order valence-electron chi connectivity index (χ3n) is 3.11. The van der Waals surface area contributed by atoms with Crippen molar-refractivity contribution in [3.8, 4) is 0 Å². The normalized spacial score (nSPS) is 22.5. The van der Waals surface area contributed by atoms with Gasteiger partial charge in [0.2, 0.25) is 0 Å². The second-order valence-electron chi connectivity index (χ2n) is 4.85. The Labute approximate surface area is 94.4 Å². The number of Topliss-reactive ketones (excluding diaryl/α,β-unsaturated/α-hetero) is 1. The fourth-order valence-corrected chi connectivity index (χ4v) is 1.98. The number of carbonyl (C=O) groups excluding carboxylic acids is 1. The molecule has 2 rings (SSSR count). The molecule has 0 saturated heterocycles. The largest absolute Gasteiger partial charge is 0.398 e. The second-order valence-corrected chi connectivity index (χ2v) is 5.25. The maximum atomic E-state index is 12.0. The molecule has 3 heteroatoms. The summed E-state index contributed by atoms with van der Waals surface area (Å²) in [5, 5.41) is 0.458. The van der Waals surface area contributed by atoms with Gasteiger partial charge in [-0.05, 0) is 30.0 Å². The van der Waals surface area contributed by atoms with Crippen molar-refractivity contribution in [1.82, 2.24) is 0 Å². The zero-order valence-electron chi connectivity index (χ0n) is 8.88. The first-order valence-electron chi connectivity index (χ1n) is 5.01. The van der Waals surface area contributed by atoms with Crippen molar-refractivity contribution >= 4 is 23.1 Å². The van der Waals surface area contributed by atoms with Gasteiger partial charge in [0.25, 0.3) is 0 Å². The van der Waals surface area contributed by atoms with E-state index in [9.17, 15) is 4.79 Å². The molecule has 1 fully saturated rings. The second kappa shape index (κ2) is 3.24. The predicted octanol–water partition coefficient (Wildman–Crippen LogP) is 3.15. The van der Waals surface area contributed by atoms with Gasteiger partial charge >= 0.3 is 0 Å². The third kappa shape index (κ3) is 1.86. The van der Waals surface area contributed by atoms with Gasteiger partial charge in [-0.2, -0.15) is 0 Å². The van der Waals surface area contributed by atoms with E-state index in [1.165, 1.54) is 0 Å². The summed E-state index contributed by atoms with van der Waals surface area (Å²) in [5.74, 6) is 0.332. The summed E-state index contributed by atoms with van der Waals surface area (Å²) in [6.45, 7) is 4.21. The van der Waals surface area contributed by atoms with Crippen molar-refractivity contribution < 1.29 is 4.79 Å². The molecule has 1 aliphatic carbocycles. The lowest BCUT2D eigenvalue weighted by Gasteiger charge is -2.04. The Kier molecular flexibility index (Phi) is 2.27. The minimum Gasteiger partial charge on any atom is -0.398 e. The molecule has 0 amide bonds. The summed E-state index contributed by atoms with van der Waals surface area (Å²) in [4.78, 5) is 12.0. The highest BCUT2D eigenvalue weighted by Gasteiger charge is 2.50. The monoisotopic (exact) mass is 223 g/mol. The molecule has 2 N–H and O–H groups in total. The minimum absolute atomic E-state index is 0.150. The highest BCUT2D eigenvalue weighted by Crippen LogP contribution is 2.53. The lowest BCUT2D eigenvalue weighted by Crippen LogP contribution is -2.06. The van der Waals surface area contributed by atoms with Crippen LogP contribution < -0.4 is 5.73 Å². The van der Waals surface area contributed by atoms with Crippen LogP contribution in [0.3, 0.4) is 0 Å². The Bertz CT molecular complexity index is 426. The van der Waals surface area contributed by atoms with E-state index in [2.05, 4.69) is 13.8 Å². The highest BCUT2D eigenvalue weighted by atomic mass is 35.5. The summed E-state index contributed by atoms with van der Waals surface area (Å²) in [6, 6.07) is 5.09. The van der Waals surface area contributed by atoms with E-state index < -0.39 is 0 Å². The van der Waals surface area contributed by atoms with Gasteiger partial charge in [0.15, 0.2) is 5.78 Å². The third-order valence-corrected chi connectivity index (χ3v) is 3.44. The van der Waals surface area contributed by atoms with Crippen molar-refractivity contribution in [1.29, 1.82) is 0 Å². The number of anilines is 1. The molecule has 0 aliphatic heterocycles. The van der Waals surface area contributed by atoms with E-state index >= 15 is 0 Å². The first kappa shape index (κ1) is 10.5. The van der Waals surface area contributed by atoms with Crippen LogP contribution in [0.1, 0.15) is 30.6 Å². The van der Waals surface area contributed by atoms with Crippen LogP contribution in [0.15, 0.2) is 18.2 Å². The Hall–Kier alpha value is -1.02. The van der Waals surface area contributed by atoms with Crippen LogP contribution in [0.25, 0.3) is 0 Å².